The number of ether oxygens (including phenoxy) is 1. The number of hydrogen-bond acceptors (Lipinski definition) is 7. The molecule has 24 heavy (non-hydrogen) atoms. The van der Waals surface area contributed by atoms with Crippen molar-refractivity contribution in [2.45, 2.75) is 39.3 Å². The van der Waals surface area contributed by atoms with Gasteiger partial charge in [-0.3, -0.25) is 9.36 Å². The molecule has 130 valence electrons. The van der Waals surface area contributed by atoms with Crippen molar-refractivity contribution in [2.75, 3.05) is 0 Å². The summed E-state index contributed by atoms with van der Waals surface area (Å²) < 4.78 is 6.04. The van der Waals surface area contributed by atoms with Crippen LogP contribution in [0.1, 0.15) is 39.6 Å². The quantitative estimate of drug-likeness (QED) is 0.537. The van der Waals surface area contributed by atoms with Gasteiger partial charge in [0, 0.05) is 7.05 Å². The summed E-state index contributed by atoms with van der Waals surface area (Å²) in [5, 5.41) is 21.0. The van der Waals surface area contributed by atoms with E-state index in [4.69, 9.17) is 4.74 Å². The van der Waals surface area contributed by atoms with Crippen LogP contribution in [0.2, 0.25) is 0 Å². The SMILES string of the molecule is CC(NC(=O)OC(C)(C)C)c1n[nH]c2nc(=O)n(C)c(=O)c-2[n+]1[O-]. The lowest BCUT2D eigenvalue weighted by Crippen LogP contribution is -2.49. The number of nitrogens with one attached hydrogen (secondary N) is 2. The van der Waals surface area contributed by atoms with Crippen molar-refractivity contribution in [3.63, 3.8) is 0 Å². The average molecular weight is 338 g/mol. The number of carbonyl (C=O) groups is 1. The summed E-state index contributed by atoms with van der Waals surface area (Å²) >= 11 is 0. The number of amides is 1. The first-order valence-electron chi connectivity index (χ1n) is 7.09. The molecule has 0 aromatic carbocycles. The number of hydrogen-bond donors (Lipinski definition) is 2. The van der Waals surface area contributed by atoms with Crippen LogP contribution in [0.4, 0.5) is 4.79 Å². The Bertz CT molecular complexity index is 865. The molecule has 2 rings (SSSR count). The van der Waals surface area contributed by atoms with E-state index in [1.165, 1.54) is 14.0 Å². The van der Waals surface area contributed by atoms with Gasteiger partial charge in [0.2, 0.25) is 11.5 Å². The zero-order chi connectivity index (χ0) is 18.2. The van der Waals surface area contributed by atoms with Crippen LogP contribution < -0.4 is 21.3 Å². The maximum absolute atomic E-state index is 12.4. The van der Waals surface area contributed by atoms with Gasteiger partial charge in [-0.05, 0) is 27.7 Å². The van der Waals surface area contributed by atoms with Gasteiger partial charge in [0.25, 0.3) is 0 Å². The molecule has 0 radical (unpaired) electrons. The van der Waals surface area contributed by atoms with Gasteiger partial charge >= 0.3 is 23.2 Å². The minimum atomic E-state index is -0.852. The highest BCUT2D eigenvalue weighted by Gasteiger charge is 2.29. The fourth-order valence-electron chi connectivity index (χ4n) is 1.92. The molecule has 11 nitrogen and oxygen atoms in total. The van der Waals surface area contributed by atoms with E-state index in [0.29, 0.717) is 4.57 Å². The third-order valence-corrected chi connectivity index (χ3v) is 3.03. The Balaban J connectivity index is 2.42. The minimum Gasteiger partial charge on any atom is -0.710 e. The third-order valence-electron chi connectivity index (χ3n) is 3.03. The fraction of sp³-hybridized carbons (Fsp3) is 0.538. The number of alkyl carbamates (subject to hydrolysis) is 1. The van der Waals surface area contributed by atoms with E-state index in [1.807, 2.05) is 0 Å². The Morgan fingerprint density at radius 1 is 1.42 bits per heavy atom. The van der Waals surface area contributed by atoms with Gasteiger partial charge in [0.05, 0.1) is 5.10 Å². The normalized spacial score (nSPS) is 12.9. The van der Waals surface area contributed by atoms with Crippen LogP contribution in [0.5, 0.6) is 0 Å². The zero-order valence-corrected chi connectivity index (χ0v) is 13.9. The molecular formula is C13H18N6O5. The van der Waals surface area contributed by atoms with Crippen molar-refractivity contribution in [1.82, 2.24) is 25.1 Å². The maximum atomic E-state index is 12.4. The molecule has 11 heteroatoms. The Labute approximate surface area is 136 Å². The smallest absolute Gasteiger partial charge is 0.408 e. The predicted octanol–water partition coefficient (Wildman–Crippen LogP) is -0.812. The third kappa shape index (κ3) is 3.34. The van der Waals surface area contributed by atoms with Crippen LogP contribution in [-0.4, -0.2) is 31.4 Å². The Morgan fingerprint density at radius 3 is 2.62 bits per heavy atom. The second-order valence-corrected chi connectivity index (χ2v) is 6.20. The first kappa shape index (κ1) is 17.4. The molecule has 0 spiro atoms. The van der Waals surface area contributed by atoms with Crippen molar-refractivity contribution in [1.29, 1.82) is 0 Å². The summed E-state index contributed by atoms with van der Waals surface area (Å²) in [5.74, 6) is -0.405. The summed E-state index contributed by atoms with van der Waals surface area (Å²) in [4.78, 5) is 38.9. The lowest BCUT2D eigenvalue weighted by atomic mass is 10.2. The summed E-state index contributed by atoms with van der Waals surface area (Å²) in [6.45, 7) is 6.59. The number of rotatable bonds is 2. The van der Waals surface area contributed by atoms with Crippen molar-refractivity contribution in [3.8, 4) is 11.5 Å². The number of nitrogens with zero attached hydrogens (tertiary/aromatic N) is 4. The van der Waals surface area contributed by atoms with Crippen LogP contribution in [0.15, 0.2) is 9.59 Å². The maximum Gasteiger partial charge on any atom is 0.408 e. The largest absolute Gasteiger partial charge is 0.710 e. The van der Waals surface area contributed by atoms with Crippen LogP contribution in [0.3, 0.4) is 0 Å². The van der Waals surface area contributed by atoms with E-state index in [1.54, 1.807) is 20.8 Å². The van der Waals surface area contributed by atoms with Crippen molar-refractivity contribution in [3.05, 3.63) is 31.9 Å². The Kier molecular flexibility index (Phi) is 4.28. The van der Waals surface area contributed by atoms with Crippen LogP contribution in [0.25, 0.3) is 11.5 Å². The topological polar surface area (TPSA) is 146 Å². The molecule has 0 aromatic heterocycles. The molecule has 0 bridgehead atoms. The molecular weight excluding hydrogens is 320 g/mol. The summed E-state index contributed by atoms with van der Waals surface area (Å²) in [5.41, 5.74) is -2.70. The van der Waals surface area contributed by atoms with Gasteiger partial charge in [-0.2, -0.15) is 10.1 Å². The lowest BCUT2D eigenvalue weighted by molar-refractivity contribution is -0.610. The second kappa shape index (κ2) is 5.91. The summed E-state index contributed by atoms with van der Waals surface area (Å²) in [6.07, 6.45) is -0.738. The molecule has 2 N–H and O–H groups in total. The second-order valence-electron chi connectivity index (χ2n) is 6.20. The van der Waals surface area contributed by atoms with Gasteiger partial charge in [0.1, 0.15) is 11.6 Å². The molecule has 0 saturated carbocycles. The van der Waals surface area contributed by atoms with E-state index in [9.17, 15) is 19.6 Å². The van der Waals surface area contributed by atoms with Crippen LogP contribution in [0, 0.1) is 5.21 Å². The molecule has 1 amide bonds. The van der Waals surface area contributed by atoms with Gasteiger partial charge < -0.3 is 15.3 Å². The lowest BCUT2D eigenvalue weighted by Gasteiger charge is -2.21. The zero-order valence-electron chi connectivity index (χ0n) is 13.9. The highest BCUT2D eigenvalue weighted by Crippen LogP contribution is 2.11. The van der Waals surface area contributed by atoms with Crippen molar-refractivity contribution < 1.29 is 14.3 Å². The Hall–Kier alpha value is -2.98. The summed E-state index contributed by atoms with van der Waals surface area (Å²) in [7, 11) is 1.21. The molecule has 1 unspecified atom stereocenters. The predicted molar refractivity (Wildman–Crippen MR) is 81.3 cm³/mol. The van der Waals surface area contributed by atoms with Gasteiger partial charge in [-0.1, -0.05) is 0 Å². The molecule has 0 fully saturated rings. The molecule has 0 aromatic rings. The van der Waals surface area contributed by atoms with E-state index in [2.05, 4.69) is 20.5 Å². The number of fused-ring (bicyclic) bond motifs is 1. The van der Waals surface area contributed by atoms with Gasteiger partial charge in [0.15, 0.2) is 0 Å². The standard InChI is InChI=1S/C13H18N6O5/c1-6(14-12(22)24-13(2,3)4)9-17-16-8-7(19(9)23)10(20)18(5)11(21)15-8/h6H,1-5H3,(H,14,22)(H,15,16,21). The number of aromatic amines is 1. The molecule has 1 atom stereocenters. The van der Waals surface area contributed by atoms with E-state index in [-0.39, 0.29) is 22.1 Å². The van der Waals surface area contributed by atoms with E-state index < -0.39 is 29.0 Å². The number of aromatic nitrogens is 5. The number of H-pyrrole nitrogens is 1. The first-order valence-corrected chi connectivity index (χ1v) is 7.09. The molecule has 0 aliphatic carbocycles. The molecule has 2 heterocycles. The first-order chi connectivity index (χ1) is 11.0. The molecule has 2 aliphatic rings. The van der Waals surface area contributed by atoms with Crippen LogP contribution in [-0.2, 0) is 11.8 Å². The average Bonchev–Trinajstić information content (AvgIpc) is 2.42. The fourth-order valence-corrected chi connectivity index (χ4v) is 1.92. The minimum absolute atomic E-state index is 0.175. The van der Waals surface area contributed by atoms with Crippen molar-refractivity contribution >= 4 is 6.09 Å². The van der Waals surface area contributed by atoms with E-state index >= 15 is 0 Å². The molecule has 0 saturated heterocycles. The van der Waals surface area contributed by atoms with Crippen LogP contribution >= 0.6 is 0 Å². The van der Waals surface area contributed by atoms with Crippen molar-refractivity contribution in [2.24, 2.45) is 7.05 Å². The molecule has 2 aliphatic heterocycles. The van der Waals surface area contributed by atoms with Gasteiger partial charge in [-0.25, -0.2) is 14.3 Å². The summed E-state index contributed by atoms with van der Waals surface area (Å²) in [6, 6.07) is -0.852. The number of carbonyl (C=O) groups excluding carboxylic acids is 1. The van der Waals surface area contributed by atoms with Gasteiger partial charge in [-0.15, -0.1) is 0 Å². The highest BCUT2D eigenvalue weighted by atomic mass is 16.6. The monoisotopic (exact) mass is 338 g/mol. The Morgan fingerprint density at radius 2 is 2.04 bits per heavy atom. The van der Waals surface area contributed by atoms with E-state index in [0.717, 1.165) is 0 Å². The highest BCUT2D eigenvalue weighted by molar-refractivity contribution is 5.68.